The minimum Gasteiger partial charge on any atom is -0.339 e. The van der Waals surface area contributed by atoms with Crippen molar-refractivity contribution in [1.82, 2.24) is 20.0 Å². The van der Waals surface area contributed by atoms with Gasteiger partial charge in [0.2, 0.25) is 0 Å². The van der Waals surface area contributed by atoms with Crippen LogP contribution in [0.2, 0.25) is 0 Å². The van der Waals surface area contributed by atoms with Gasteiger partial charge in [-0.3, -0.25) is 9.48 Å². The van der Waals surface area contributed by atoms with Gasteiger partial charge in [-0.25, -0.2) is 0 Å². The van der Waals surface area contributed by atoms with E-state index in [2.05, 4.69) is 10.4 Å². The minimum atomic E-state index is -0.0334. The van der Waals surface area contributed by atoms with Crippen LogP contribution in [0.5, 0.6) is 0 Å². The van der Waals surface area contributed by atoms with Gasteiger partial charge in [0.25, 0.3) is 5.91 Å². The summed E-state index contributed by atoms with van der Waals surface area (Å²) in [6, 6.07) is 1.80. The zero-order chi connectivity index (χ0) is 11.4. The summed E-state index contributed by atoms with van der Waals surface area (Å²) in [5, 5.41) is 7.15. The first kappa shape index (κ1) is 11.7. The molecule has 0 unspecified atom stereocenters. The molecule has 0 atom stereocenters. The van der Waals surface area contributed by atoms with Gasteiger partial charge in [0.1, 0.15) is 0 Å². The molecule has 1 heterocycles. The van der Waals surface area contributed by atoms with Crippen LogP contribution < -0.4 is 5.32 Å². The average molecular weight is 210 g/mol. The Morgan fingerprint density at radius 3 is 2.80 bits per heavy atom. The molecule has 5 nitrogen and oxygen atoms in total. The van der Waals surface area contributed by atoms with Gasteiger partial charge in [-0.2, -0.15) is 5.10 Å². The number of aromatic nitrogens is 2. The molecule has 0 aliphatic carbocycles. The van der Waals surface area contributed by atoms with Crippen molar-refractivity contribution in [2.75, 3.05) is 27.2 Å². The maximum absolute atomic E-state index is 11.8. The summed E-state index contributed by atoms with van der Waals surface area (Å²) in [7, 11) is 5.48. The number of aryl methyl sites for hydroxylation is 2. The van der Waals surface area contributed by atoms with Crippen molar-refractivity contribution in [1.29, 1.82) is 0 Å². The first-order valence-corrected chi connectivity index (χ1v) is 4.97. The van der Waals surface area contributed by atoms with Crippen molar-refractivity contribution >= 4 is 5.91 Å². The Morgan fingerprint density at radius 2 is 2.33 bits per heavy atom. The number of hydrogen-bond acceptors (Lipinski definition) is 3. The number of nitrogens with one attached hydrogen (secondary N) is 1. The van der Waals surface area contributed by atoms with E-state index in [-0.39, 0.29) is 5.91 Å². The number of carbonyl (C=O) groups excluding carboxylic acids is 1. The van der Waals surface area contributed by atoms with E-state index in [4.69, 9.17) is 0 Å². The third-order valence-corrected chi connectivity index (χ3v) is 2.38. The lowest BCUT2D eigenvalue weighted by molar-refractivity contribution is 0.0790. The number of nitrogens with zero attached hydrogens (tertiary/aromatic N) is 3. The molecule has 15 heavy (non-hydrogen) atoms. The highest BCUT2D eigenvalue weighted by Gasteiger charge is 2.14. The molecular weight excluding hydrogens is 192 g/mol. The maximum Gasteiger partial charge on any atom is 0.274 e. The molecule has 0 bridgehead atoms. The second-order valence-electron chi connectivity index (χ2n) is 3.62. The van der Waals surface area contributed by atoms with E-state index < -0.39 is 0 Å². The molecular formula is C10H18N4O. The molecule has 0 spiro atoms. The highest BCUT2D eigenvalue weighted by molar-refractivity contribution is 5.92. The van der Waals surface area contributed by atoms with Crippen molar-refractivity contribution in [3.05, 3.63) is 17.5 Å². The lowest BCUT2D eigenvalue weighted by Crippen LogP contribution is -2.33. The quantitative estimate of drug-likeness (QED) is 0.762. The summed E-state index contributed by atoms with van der Waals surface area (Å²) in [5.74, 6) is -0.0334. The molecule has 0 fully saturated rings. The summed E-state index contributed by atoms with van der Waals surface area (Å²) in [6.07, 6.45) is 0. The summed E-state index contributed by atoms with van der Waals surface area (Å²) in [6.45, 7) is 3.40. The third-order valence-electron chi connectivity index (χ3n) is 2.38. The van der Waals surface area contributed by atoms with Gasteiger partial charge in [0, 0.05) is 32.9 Å². The molecule has 1 N–H and O–H groups in total. The summed E-state index contributed by atoms with van der Waals surface area (Å²) in [4.78, 5) is 13.5. The molecule has 1 rings (SSSR count). The first-order chi connectivity index (χ1) is 7.06. The van der Waals surface area contributed by atoms with Gasteiger partial charge in [0.15, 0.2) is 5.69 Å². The first-order valence-electron chi connectivity index (χ1n) is 4.97. The molecule has 0 saturated carbocycles. The maximum atomic E-state index is 11.8. The van der Waals surface area contributed by atoms with Gasteiger partial charge in [-0.1, -0.05) is 0 Å². The zero-order valence-electron chi connectivity index (χ0n) is 9.74. The van der Waals surface area contributed by atoms with Gasteiger partial charge in [-0.05, 0) is 20.0 Å². The van der Waals surface area contributed by atoms with Gasteiger partial charge in [-0.15, -0.1) is 0 Å². The van der Waals surface area contributed by atoms with E-state index in [0.29, 0.717) is 12.2 Å². The predicted molar refractivity (Wildman–Crippen MR) is 58.8 cm³/mol. The number of rotatable bonds is 4. The lowest BCUT2D eigenvalue weighted by Gasteiger charge is -2.14. The third kappa shape index (κ3) is 2.79. The molecule has 84 valence electrons. The average Bonchev–Trinajstić information content (AvgIpc) is 2.54. The monoisotopic (exact) mass is 210 g/mol. The Kier molecular flexibility index (Phi) is 3.85. The highest BCUT2D eigenvalue weighted by atomic mass is 16.2. The number of hydrogen-bond donors (Lipinski definition) is 1. The van der Waals surface area contributed by atoms with Gasteiger partial charge < -0.3 is 10.2 Å². The highest BCUT2D eigenvalue weighted by Crippen LogP contribution is 2.03. The van der Waals surface area contributed by atoms with Crippen LogP contribution in [0.1, 0.15) is 16.2 Å². The Bertz CT molecular complexity index is 326. The summed E-state index contributed by atoms with van der Waals surface area (Å²) in [5.41, 5.74) is 1.49. The second kappa shape index (κ2) is 4.93. The summed E-state index contributed by atoms with van der Waals surface area (Å²) >= 11 is 0. The van der Waals surface area contributed by atoms with Gasteiger partial charge >= 0.3 is 0 Å². The number of amides is 1. The van der Waals surface area contributed by atoms with Crippen molar-refractivity contribution in [2.24, 2.45) is 7.05 Å². The Hall–Kier alpha value is -1.36. The fourth-order valence-electron chi connectivity index (χ4n) is 1.24. The minimum absolute atomic E-state index is 0.0334. The van der Waals surface area contributed by atoms with Gasteiger partial charge in [0.05, 0.1) is 0 Å². The molecule has 1 aromatic heterocycles. The largest absolute Gasteiger partial charge is 0.339 e. The van der Waals surface area contributed by atoms with Crippen molar-refractivity contribution < 1.29 is 4.79 Å². The van der Waals surface area contributed by atoms with Crippen LogP contribution in [-0.2, 0) is 7.05 Å². The van der Waals surface area contributed by atoms with E-state index in [9.17, 15) is 4.79 Å². The summed E-state index contributed by atoms with van der Waals surface area (Å²) < 4.78 is 1.71. The molecule has 0 aromatic carbocycles. The Morgan fingerprint density at radius 1 is 1.67 bits per heavy atom. The molecule has 0 saturated heterocycles. The van der Waals surface area contributed by atoms with E-state index >= 15 is 0 Å². The Labute approximate surface area is 90.1 Å². The molecule has 0 aliphatic heterocycles. The molecule has 5 heteroatoms. The molecule has 0 aliphatic rings. The van der Waals surface area contributed by atoms with Crippen LogP contribution >= 0.6 is 0 Å². The molecule has 1 aromatic rings. The van der Waals surface area contributed by atoms with Crippen LogP contribution in [0.3, 0.4) is 0 Å². The van der Waals surface area contributed by atoms with E-state index in [1.165, 1.54) is 0 Å². The fraction of sp³-hybridized carbons (Fsp3) is 0.600. The standard InChI is InChI=1S/C10H18N4O/c1-8-7-9(12-14(8)4)10(15)13(3)6-5-11-2/h7,11H,5-6H2,1-4H3. The van der Waals surface area contributed by atoms with Crippen molar-refractivity contribution in [2.45, 2.75) is 6.92 Å². The second-order valence-corrected chi connectivity index (χ2v) is 3.62. The number of likely N-dealkylation sites (N-methyl/N-ethyl adjacent to an activating group) is 2. The van der Waals surface area contributed by atoms with Crippen LogP contribution in [0, 0.1) is 6.92 Å². The lowest BCUT2D eigenvalue weighted by atomic mass is 10.3. The Balaban J connectivity index is 2.67. The van der Waals surface area contributed by atoms with Crippen molar-refractivity contribution in [3.8, 4) is 0 Å². The molecule has 0 radical (unpaired) electrons. The zero-order valence-corrected chi connectivity index (χ0v) is 9.74. The van der Waals surface area contributed by atoms with E-state index in [1.54, 1.807) is 22.7 Å². The van der Waals surface area contributed by atoms with E-state index in [0.717, 1.165) is 12.2 Å². The number of carbonyl (C=O) groups is 1. The van der Waals surface area contributed by atoms with Crippen LogP contribution in [0.25, 0.3) is 0 Å². The fourth-order valence-corrected chi connectivity index (χ4v) is 1.24. The van der Waals surface area contributed by atoms with Crippen LogP contribution in [0.4, 0.5) is 0 Å². The SMILES string of the molecule is CNCCN(C)C(=O)c1cc(C)n(C)n1. The topological polar surface area (TPSA) is 50.2 Å². The smallest absolute Gasteiger partial charge is 0.274 e. The predicted octanol–water partition coefficient (Wildman–Crippen LogP) is 0.0199. The normalized spacial score (nSPS) is 10.4. The van der Waals surface area contributed by atoms with Crippen molar-refractivity contribution in [3.63, 3.8) is 0 Å². The van der Waals surface area contributed by atoms with E-state index in [1.807, 2.05) is 21.0 Å². The van der Waals surface area contributed by atoms with Crippen LogP contribution in [-0.4, -0.2) is 47.8 Å². The molecule has 1 amide bonds. The van der Waals surface area contributed by atoms with Crippen LogP contribution in [0.15, 0.2) is 6.07 Å².